The Kier molecular flexibility index (Phi) is 5.77. The number of ether oxygens (including phenoxy) is 2. The summed E-state index contributed by atoms with van der Waals surface area (Å²) in [4.78, 5) is 13.9. The highest BCUT2D eigenvalue weighted by atomic mass is 16.7. The summed E-state index contributed by atoms with van der Waals surface area (Å²) in [6.07, 6.45) is 4.85. The number of hydrogen-bond donors (Lipinski definition) is 0. The molecule has 0 aromatic heterocycles. The molecule has 146 valence electrons. The molecular weight excluding hydrogens is 350 g/mol. The fourth-order valence-electron chi connectivity index (χ4n) is 4.37. The molecular formula is C24H27NO3. The Labute approximate surface area is 166 Å². The smallest absolute Gasteiger partial charge is 0.411 e. The van der Waals surface area contributed by atoms with Gasteiger partial charge in [0.25, 0.3) is 0 Å². The minimum absolute atomic E-state index is 0.00400. The third kappa shape index (κ3) is 3.83. The highest BCUT2D eigenvalue weighted by molar-refractivity contribution is 5.85. The van der Waals surface area contributed by atoms with Crippen LogP contribution in [0.3, 0.4) is 0 Å². The predicted molar refractivity (Wildman–Crippen MR) is 110 cm³/mol. The molecule has 2 aliphatic rings. The molecule has 1 heterocycles. The van der Waals surface area contributed by atoms with Crippen molar-refractivity contribution >= 4 is 11.7 Å². The quantitative estimate of drug-likeness (QED) is 0.705. The molecule has 0 saturated carbocycles. The number of rotatable bonds is 2. The van der Waals surface area contributed by atoms with E-state index in [9.17, 15) is 4.79 Å². The minimum atomic E-state index is -0.288. The van der Waals surface area contributed by atoms with Crippen molar-refractivity contribution in [2.45, 2.75) is 32.1 Å². The highest BCUT2D eigenvalue weighted by Gasteiger charge is 2.25. The van der Waals surface area contributed by atoms with Crippen LogP contribution >= 0.6 is 0 Å². The maximum atomic E-state index is 12.1. The first-order chi connectivity index (χ1) is 13.8. The van der Waals surface area contributed by atoms with Gasteiger partial charge in [-0.2, -0.15) is 0 Å². The van der Waals surface area contributed by atoms with Gasteiger partial charge in [-0.15, -0.1) is 0 Å². The number of carbonyl (C=O) groups excluding carboxylic acids is 1. The maximum Gasteiger partial charge on any atom is 0.411 e. The van der Waals surface area contributed by atoms with Crippen molar-refractivity contribution in [3.8, 4) is 0 Å². The van der Waals surface area contributed by atoms with E-state index in [2.05, 4.69) is 48.5 Å². The van der Waals surface area contributed by atoms with Crippen LogP contribution in [0.2, 0.25) is 0 Å². The molecule has 2 aromatic rings. The molecule has 1 aliphatic carbocycles. The molecule has 0 radical (unpaired) electrons. The first-order valence-electron chi connectivity index (χ1n) is 10.1. The molecule has 4 heteroatoms. The van der Waals surface area contributed by atoms with Gasteiger partial charge in [-0.25, -0.2) is 4.79 Å². The first kappa shape index (κ1) is 18.8. The van der Waals surface area contributed by atoms with Gasteiger partial charge in [0.2, 0.25) is 0 Å². The molecule has 1 amide bonds. The Bertz CT molecular complexity index is 827. The number of methoxy groups -OCH3 is 1. The average Bonchev–Trinajstić information content (AvgIpc) is 2.73. The lowest BCUT2D eigenvalue weighted by Crippen LogP contribution is -2.37. The Morgan fingerprint density at radius 2 is 1.46 bits per heavy atom. The second-order valence-electron chi connectivity index (χ2n) is 7.45. The van der Waals surface area contributed by atoms with Gasteiger partial charge in [0.05, 0.1) is 0 Å². The molecule has 1 aliphatic heterocycles. The number of likely N-dealkylation sites (tertiary alicyclic amines) is 1. The third-order valence-corrected chi connectivity index (χ3v) is 5.74. The minimum Gasteiger partial charge on any atom is -0.422 e. The van der Waals surface area contributed by atoms with Gasteiger partial charge < -0.3 is 14.4 Å². The van der Waals surface area contributed by atoms with Crippen LogP contribution in [0.5, 0.6) is 0 Å². The molecule has 0 N–H and O–H groups in total. The zero-order valence-electron chi connectivity index (χ0n) is 16.4. The summed E-state index contributed by atoms with van der Waals surface area (Å²) >= 11 is 0. The predicted octanol–water partition coefficient (Wildman–Crippen LogP) is 4.81. The molecule has 0 atom stereocenters. The van der Waals surface area contributed by atoms with Crippen molar-refractivity contribution in [2.24, 2.45) is 0 Å². The fraction of sp³-hybridized carbons (Fsp3) is 0.375. The van der Waals surface area contributed by atoms with Gasteiger partial charge >= 0.3 is 6.09 Å². The summed E-state index contributed by atoms with van der Waals surface area (Å²) in [5, 5.41) is 0. The van der Waals surface area contributed by atoms with E-state index >= 15 is 0 Å². The summed E-state index contributed by atoms with van der Waals surface area (Å²) in [5.41, 5.74) is 8.41. The molecule has 28 heavy (non-hydrogen) atoms. The van der Waals surface area contributed by atoms with Crippen molar-refractivity contribution < 1.29 is 14.3 Å². The van der Waals surface area contributed by atoms with E-state index in [4.69, 9.17) is 9.47 Å². The van der Waals surface area contributed by atoms with Crippen molar-refractivity contribution in [1.29, 1.82) is 0 Å². The summed E-state index contributed by atoms with van der Waals surface area (Å²) in [7, 11) is 1.52. The van der Waals surface area contributed by atoms with E-state index < -0.39 is 0 Å². The van der Waals surface area contributed by atoms with Crippen LogP contribution in [0, 0.1) is 0 Å². The van der Waals surface area contributed by atoms with Crippen LogP contribution in [-0.2, 0) is 22.3 Å². The topological polar surface area (TPSA) is 38.8 Å². The highest BCUT2D eigenvalue weighted by Crippen LogP contribution is 2.38. The molecule has 4 nitrogen and oxygen atoms in total. The van der Waals surface area contributed by atoms with Crippen LogP contribution in [0.25, 0.3) is 5.57 Å². The zero-order chi connectivity index (χ0) is 19.3. The summed E-state index contributed by atoms with van der Waals surface area (Å²) in [6, 6.07) is 17.6. The van der Waals surface area contributed by atoms with Gasteiger partial charge in [-0.1, -0.05) is 54.1 Å². The number of aryl methyl sites for hydroxylation is 2. The van der Waals surface area contributed by atoms with Crippen molar-refractivity contribution in [1.82, 2.24) is 4.90 Å². The second-order valence-corrected chi connectivity index (χ2v) is 7.45. The molecule has 2 aromatic carbocycles. The number of nitrogens with zero attached hydrogens (tertiary/aromatic N) is 1. The number of hydrogen-bond acceptors (Lipinski definition) is 3. The van der Waals surface area contributed by atoms with E-state index in [0.29, 0.717) is 13.1 Å². The van der Waals surface area contributed by atoms with Crippen molar-refractivity contribution in [3.05, 3.63) is 76.4 Å². The van der Waals surface area contributed by atoms with E-state index in [1.165, 1.54) is 46.9 Å². The zero-order valence-corrected chi connectivity index (χ0v) is 16.4. The van der Waals surface area contributed by atoms with Crippen LogP contribution in [0.1, 0.15) is 41.5 Å². The lowest BCUT2D eigenvalue weighted by molar-refractivity contribution is -0.00522. The van der Waals surface area contributed by atoms with Crippen LogP contribution in [-0.4, -0.2) is 38.0 Å². The Morgan fingerprint density at radius 3 is 2.04 bits per heavy atom. The normalized spacial score (nSPS) is 16.7. The van der Waals surface area contributed by atoms with Crippen molar-refractivity contribution in [2.75, 3.05) is 27.0 Å². The monoisotopic (exact) mass is 377 g/mol. The van der Waals surface area contributed by atoms with E-state index in [-0.39, 0.29) is 12.9 Å². The largest absolute Gasteiger partial charge is 0.422 e. The molecule has 1 saturated heterocycles. The van der Waals surface area contributed by atoms with Gasteiger partial charge in [-0.05, 0) is 59.9 Å². The summed E-state index contributed by atoms with van der Waals surface area (Å²) < 4.78 is 9.95. The van der Waals surface area contributed by atoms with Gasteiger partial charge in [0.15, 0.2) is 6.79 Å². The van der Waals surface area contributed by atoms with Gasteiger partial charge in [0.1, 0.15) is 0 Å². The molecule has 0 unspecified atom stereocenters. The van der Waals surface area contributed by atoms with E-state index in [1.54, 1.807) is 4.90 Å². The second kappa shape index (κ2) is 8.61. The number of amides is 1. The van der Waals surface area contributed by atoms with E-state index in [0.717, 1.165) is 25.7 Å². The van der Waals surface area contributed by atoms with Crippen molar-refractivity contribution in [3.63, 3.8) is 0 Å². The van der Waals surface area contributed by atoms with Gasteiger partial charge in [-0.3, -0.25) is 0 Å². The molecule has 0 bridgehead atoms. The van der Waals surface area contributed by atoms with Crippen LogP contribution in [0.4, 0.5) is 4.79 Å². The Hall–Kier alpha value is -2.59. The van der Waals surface area contributed by atoms with Gasteiger partial charge in [0, 0.05) is 20.2 Å². The number of carbonyl (C=O) groups is 1. The maximum absolute atomic E-state index is 12.1. The van der Waals surface area contributed by atoms with E-state index in [1.807, 2.05) is 0 Å². The number of fused-ring (bicyclic) bond motifs is 2. The first-order valence-corrected chi connectivity index (χ1v) is 10.1. The SMILES string of the molecule is COCOC(=O)N1CCC(=C2c3ccccc3CCCc3ccccc32)CC1. The average molecular weight is 377 g/mol. The lowest BCUT2D eigenvalue weighted by Gasteiger charge is -2.31. The summed E-state index contributed by atoms with van der Waals surface area (Å²) in [5.74, 6) is 0. The molecule has 4 rings (SSSR count). The summed E-state index contributed by atoms with van der Waals surface area (Å²) in [6.45, 7) is 1.38. The number of benzene rings is 2. The third-order valence-electron chi connectivity index (χ3n) is 5.74. The standard InChI is InChI=1S/C24H27NO3/c1-27-17-28-24(26)25-15-13-20(14-16-25)23-21-11-4-2-7-18(21)9-6-10-19-8-3-5-12-22(19)23/h2-5,7-8,11-12H,6,9-10,13-17H2,1H3. The molecule has 0 spiro atoms. The molecule has 1 fully saturated rings. The van der Waals surface area contributed by atoms with Crippen LogP contribution in [0.15, 0.2) is 54.1 Å². The lowest BCUT2D eigenvalue weighted by atomic mass is 9.81. The fourth-order valence-corrected chi connectivity index (χ4v) is 4.37. The Balaban J connectivity index is 1.70. The van der Waals surface area contributed by atoms with Crippen LogP contribution < -0.4 is 0 Å². The Morgan fingerprint density at radius 1 is 0.893 bits per heavy atom. The number of piperidine rings is 1.